The van der Waals surface area contributed by atoms with Crippen molar-refractivity contribution >= 4 is 11.8 Å². The van der Waals surface area contributed by atoms with E-state index in [1.54, 1.807) is 6.07 Å². The van der Waals surface area contributed by atoms with E-state index >= 15 is 0 Å². The highest BCUT2D eigenvalue weighted by molar-refractivity contribution is 7.98. The second-order valence-electron chi connectivity index (χ2n) is 7.04. The van der Waals surface area contributed by atoms with Gasteiger partial charge in [-0.3, -0.25) is 9.47 Å². The molecule has 1 aromatic heterocycles. The number of nitrogens with zero attached hydrogens (tertiary/aromatic N) is 4. The molecule has 2 heterocycles. The highest BCUT2D eigenvalue weighted by Gasteiger charge is 2.30. The standard InChI is InChI=1S/C21H21F3N4S/c22-21(23,24)17-8-6-7-16(13-17)15-29-20-26-25-19(14-27-11-4-5-12-27)28(20)18-9-2-1-3-10-18/h1-3,6-10,13H,4-5,11-12,14-15H2. The largest absolute Gasteiger partial charge is 0.416 e. The molecule has 29 heavy (non-hydrogen) atoms. The Morgan fingerprint density at radius 1 is 0.931 bits per heavy atom. The fourth-order valence-electron chi connectivity index (χ4n) is 3.46. The van der Waals surface area contributed by atoms with E-state index in [0.717, 1.165) is 30.7 Å². The molecule has 0 spiro atoms. The lowest BCUT2D eigenvalue weighted by Gasteiger charge is -2.16. The molecule has 1 fully saturated rings. The van der Waals surface area contributed by atoms with Crippen LogP contribution in [0.4, 0.5) is 13.2 Å². The number of benzene rings is 2. The molecule has 1 saturated heterocycles. The van der Waals surface area contributed by atoms with Gasteiger partial charge in [-0.2, -0.15) is 13.2 Å². The summed E-state index contributed by atoms with van der Waals surface area (Å²) in [6, 6.07) is 15.3. The van der Waals surface area contributed by atoms with Gasteiger partial charge in [-0.15, -0.1) is 10.2 Å². The zero-order chi connectivity index (χ0) is 20.3. The summed E-state index contributed by atoms with van der Waals surface area (Å²) in [6.45, 7) is 2.81. The van der Waals surface area contributed by atoms with Gasteiger partial charge >= 0.3 is 6.18 Å². The Morgan fingerprint density at radius 2 is 1.69 bits per heavy atom. The van der Waals surface area contributed by atoms with Gasteiger partial charge in [0, 0.05) is 11.4 Å². The van der Waals surface area contributed by atoms with Crippen LogP contribution in [0.15, 0.2) is 59.8 Å². The van der Waals surface area contributed by atoms with Crippen LogP contribution in [0.5, 0.6) is 0 Å². The SMILES string of the molecule is FC(F)(F)c1cccc(CSc2nnc(CN3CCCC3)n2-c2ccccc2)c1. The molecule has 8 heteroatoms. The summed E-state index contributed by atoms with van der Waals surface area (Å²) in [5.41, 5.74) is 0.932. The van der Waals surface area contributed by atoms with Crippen molar-refractivity contribution < 1.29 is 13.2 Å². The van der Waals surface area contributed by atoms with Crippen LogP contribution in [0.25, 0.3) is 5.69 Å². The van der Waals surface area contributed by atoms with Crippen molar-refractivity contribution in [3.05, 3.63) is 71.5 Å². The van der Waals surface area contributed by atoms with Gasteiger partial charge in [-0.25, -0.2) is 0 Å². The molecule has 2 aromatic carbocycles. The Morgan fingerprint density at radius 3 is 2.41 bits per heavy atom. The summed E-state index contributed by atoms with van der Waals surface area (Å²) in [5, 5.41) is 9.43. The summed E-state index contributed by atoms with van der Waals surface area (Å²) in [5.74, 6) is 1.24. The van der Waals surface area contributed by atoms with Crippen LogP contribution in [0.2, 0.25) is 0 Å². The molecule has 0 N–H and O–H groups in total. The number of hydrogen-bond donors (Lipinski definition) is 0. The number of para-hydroxylation sites is 1. The van der Waals surface area contributed by atoms with Crippen molar-refractivity contribution in [3.8, 4) is 5.69 Å². The van der Waals surface area contributed by atoms with Gasteiger partial charge in [0.1, 0.15) is 0 Å². The van der Waals surface area contributed by atoms with Crippen molar-refractivity contribution in [2.45, 2.75) is 36.5 Å². The van der Waals surface area contributed by atoms with Gasteiger partial charge in [0.15, 0.2) is 11.0 Å². The first kappa shape index (κ1) is 20.0. The summed E-state index contributed by atoms with van der Waals surface area (Å²) in [6.07, 6.45) is -1.96. The van der Waals surface area contributed by atoms with Crippen LogP contribution in [-0.4, -0.2) is 32.8 Å². The van der Waals surface area contributed by atoms with E-state index in [-0.39, 0.29) is 0 Å². The van der Waals surface area contributed by atoms with Crippen LogP contribution in [-0.2, 0) is 18.5 Å². The minimum atomic E-state index is -4.34. The molecule has 4 nitrogen and oxygen atoms in total. The van der Waals surface area contributed by atoms with Crippen molar-refractivity contribution in [1.82, 2.24) is 19.7 Å². The lowest BCUT2D eigenvalue weighted by atomic mass is 10.1. The van der Waals surface area contributed by atoms with E-state index < -0.39 is 11.7 Å². The maximum atomic E-state index is 13.0. The van der Waals surface area contributed by atoms with Crippen LogP contribution >= 0.6 is 11.8 Å². The van der Waals surface area contributed by atoms with Gasteiger partial charge in [0.05, 0.1) is 12.1 Å². The first-order valence-corrected chi connectivity index (χ1v) is 10.5. The Labute approximate surface area is 171 Å². The molecule has 1 aliphatic rings. The lowest BCUT2D eigenvalue weighted by Crippen LogP contribution is -2.21. The van der Waals surface area contributed by atoms with Gasteiger partial charge < -0.3 is 0 Å². The van der Waals surface area contributed by atoms with E-state index in [1.807, 2.05) is 34.9 Å². The minimum Gasteiger partial charge on any atom is -0.296 e. The third-order valence-corrected chi connectivity index (χ3v) is 5.90. The van der Waals surface area contributed by atoms with Crippen LogP contribution < -0.4 is 0 Å². The molecule has 0 unspecified atom stereocenters. The molecule has 0 amide bonds. The normalized spacial score (nSPS) is 15.1. The van der Waals surface area contributed by atoms with E-state index in [0.29, 0.717) is 23.0 Å². The van der Waals surface area contributed by atoms with Crippen LogP contribution in [0.3, 0.4) is 0 Å². The quantitative estimate of drug-likeness (QED) is 0.517. The van der Waals surface area contributed by atoms with E-state index in [4.69, 9.17) is 0 Å². The Balaban J connectivity index is 1.58. The van der Waals surface area contributed by atoms with Crippen LogP contribution in [0, 0.1) is 0 Å². The predicted octanol–water partition coefficient (Wildman–Crippen LogP) is 5.17. The summed E-state index contributed by atoms with van der Waals surface area (Å²) in [4.78, 5) is 2.35. The molecule has 3 aromatic rings. The van der Waals surface area contributed by atoms with Gasteiger partial charge in [-0.05, 0) is 49.7 Å². The fourth-order valence-corrected chi connectivity index (χ4v) is 4.37. The third-order valence-electron chi connectivity index (χ3n) is 4.90. The highest BCUT2D eigenvalue weighted by Crippen LogP contribution is 2.31. The molecule has 0 atom stereocenters. The predicted molar refractivity (Wildman–Crippen MR) is 107 cm³/mol. The molecule has 0 radical (unpaired) electrons. The minimum absolute atomic E-state index is 0.388. The average molecular weight is 418 g/mol. The third kappa shape index (κ3) is 4.82. The monoisotopic (exact) mass is 418 g/mol. The summed E-state index contributed by atoms with van der Waals surface area (Å²) in [7, 11) is 0. The number of likely N-dealkylation sites (tertiary alicyclic amines) is 1. The summed E-state index contributed by atoms with van der Waals surface area (Å²) >= 11 is 1.40. The molecule has 0 saturated carbocycles. The Bertz CT molecular complexity index is 950. The van der Waals surface area contributed by atoms with Crippen molar-refractivity contribution in [2.24, 2.45) is 0 Å². The summed E-state index contributed by atoms with van der Waals surface area (Å²) < 4.78 is 40.9. The second-order valence-corrected chi connectivity index (χ2v) is 7.98. The Hall–Kier alpha value is -2.32. The molecule has 152 valence electrons. The maximum Gasteiger partial charge on any atom is 0.416 e. The number of aromatic nitrogens is 3. The molecule has 0 bridgehead atoms. The number of halogens is 3. The zero-order valence-electron chi connectivity index (χ0n) is 15.8. The van der Waals surface area contributed by atoms with Crippen molar-refractivity contribution in [3.63, 3.8) is 0 Å². The lowest BCUT2D eigenvalue weighted by molar-refractivity contribution is -0.137. The van der Waals surface area contributed by atoms with E-state index in [1.165, 1.54) is 36.7 Å². The van der Waals surface area contributed by atoms with E-state index in [2.05, 4.69) is 15.1 Å². The second kappa shape index (κ2) is 8.59. The topological polar surface area (TPSA) is 34.0 Å². The molecule has 1 aliphatic heterocycles. The number of thioether (sulfide) groups is 1. The number of hydrogen-bond acceptors (Lipinski definition) is 4. The van der Waals surface area contributed by atoms with Crippen molar-refractivity contribution in [2.75, 3.05) is 13.1 Å². The molecule has 0 aliphatic carbocycles. The van der Waals surface area contributed by atoms with E-state index in [9.17, 15) is 13.2 Å². The number of alkyl halides is 3. The van der Waals surface area contributed by atoms with Gasteiger partial charge in [0.2, 0.25) is 0 Å². The van der Waals surface area contributed by atoms with Gasteiger partial charge in [0.25, 0.3) is 0 Å². The van der Waals surface area contributed by atoms with Crippen LogP contribution in [0.1, 0.15) is 29.8 Å². The zero-order valence-corrected chi connectivity index (χ0v) is 16.6. The highest BCUT2D eigenvalue weighted by atomic mass is 32.2. The fraction of sp³-hybridized carbons (Fsp3) is 0.333. The smallest absolute Gasteiger partial charge is 0.296 e. The van der Waals surface area contributed by atoms with Crippen molar-refractivity contribution in [1.29, 1.82) is 0 Å². The first-order valence-electron chi connectivity index (χ1n) is 9.52. The number of rotatable bonds is 6. The maximum absolute atomic E-state index is 13.0. The first-order chi connectivity index (χ1) is 14.0. The molecule has 4 rings (SSSR count). The van der Waals surface area contributed by atoms with Gasteiger partial charge in [-0.1, -0.05) is 48.2 Å². The molecular formula is C21H21F3N4S. The Kier molecular flexibility index (Phi) is 5.91. The molecular weight excluding hydrogens is 397 g/mol. The average Bonchev–Trinajstić information content (AvgIpc) is 3.37.